The quantitative estimate of drug-likeness (QED) is 0.724. The molecule has 0 aliphatic carbocycles. The number of Topliss-reactive ketones (excluding diaryl/α,β-unsaturated/α-hetero) is 1. The monoisotopic (exact) mass is 404 g/mol. The van der Waals surface area contributed by atoms with E-state index in [4.69, 9.17) is 19.9 Å². The van der Waals surface area contributed by atoms with Crippen molar-refractivity contribution in [2.24, 2.45) is 0 Å². The van der Waals surface area contributed by atoms with Crippen LogP contribution < -0.4 is 5.73 Å². The fourth-order valence-electron chi connectivity index (χ4n) is 4.08. The largest absolute Gasteiger partial charge is 0.382 e. The van der Waals surface area contributed by atoms with E-state index in [0.717, 1.165) is 13.0 Å². The Morgan fingerprint density at radius 2 is 2.03 bits per heavy atom. The Hall–Kier alpha value is -2.14. The van der Waals surface area contributed by atoms with Crippen LogP contribution in [0, 0.1) is 0 Å². The minimum absolute atomic E-state index is 0.189. The van der Waals surface area contributed by atoms with E-state index in [0.29, 0.717) is 29.9 Å². The Balaban J connectivity index is 1.54. The number of nitrogens with two attached hydrogens (primary N) is 1. The molecule has 4 rings (SSSR count). The van der Waals surface area contributed by atoms with Gasteiger partial charge in [-0.05, 0) is 40.8 Å². The van der Waals surface area contributed by atoms with Crippen molar-refractivity contribution in [3.05, 3.63) is 12.7 Å². The molecule has 0 spiro atoms. The standard InChI is InChI=1S/C19H28N6O4/c1-11(26)6-5-7-24(4)8-12-14-15(29-19(2,3)28-14)18(27-12)25-10-23-13-16(20)21-9-22-17(13)25/h9-10,12,14-15,18H,5-8H2,1-4H3,(H2,20,21,22)/t12-,14-,15-,18-/m1/s1. The van der Waals surface area contributed by atoms with Crippen LogP contribution in [0.1, 0.15) is 39.8 Å². The molecule has 2 fully saturated rings. The van der Waals surface area contributed by atoms with E-state index >= 15 is 0 Å². The van der Waals surface area contributed by atoms with E-state index in [1.54, 1.807) is 13.3 Å². The number of imidazole rings is 1. The summed E-state index contributed by atoms with van der Waals surface area (Å²) in [5.74, 6) is -0.167. The summed E-state index contributed by atoms with van der Waals surface area (Å²) in [4.78, 5) is 26.0. The van der Waals surface area contributed by atoms with Crippen molar-refractivity contribution in [1.29, 1.82) is 0 Å². The lowest BCUT2D eigenvalue weighted by atomic mass is 10.1. The zero-order valence-electron chi connectivity index (χ0n) is 17.2. The first-order chi connectivity index (χ1) is 13.7. The molecule has 0 bridgehead atoms. The first-order valence-electron chi connectivity index (χ1n) is 9.87. The van der Waals surface area contributed by atoms with Gasteiger partial charge in [-0.3, -0.25) is 4.57 Å². The van der Waals surface area contributed by atoms with Crippen LogP contribution in [0.15, 0.2) is 12.7 Å². The summed E-state index contributed by atoms with van der Waals surface area (Å²) >= 11 is 0. The number of aromatic nitrogens is 4. The molecule has 29 heavy (non-hydrogen) atoms. The first-order valence-corrected chi connectivity index (χ1v) is 9.87. The van der Waals surface area contributed by atoms with E-state index in [2.05, 4.69) is 19.9 Å². The molecule has 0 amide bonds. The van der Waals surface area contributed by atoms with Gasteiger partial charge in [0.25, 0.3) is 0 Å². The molecule has 158 valence electrons. The molecule has 4 atom stereocenters. The van der Waals surface area contributed by atoms with Crippen molar-refractivity contribution < 1.29 is 19.0 Å². The highest BCUT2D eigenvalue weighted by atomic mass is 16.8. The average Bonchev–Trinajstić information content (AvgIpc) is 3.27. The van der Waals surface area contributed by atoms with Gasteiger partial charge in [-0.1, -0.05) is 0 Å². The number of likely N-dealkylation sites (N-methyl/N-ethyl adjacent to an activating group) is 1. The Bertz CT molecular complexity index is 900. The normalized spacial score (nSPS) is 28.3. The van der Waals surface area contributed by atoms with Gasteiger partial charge in [-0.15, -0.1) is 0 Å². The number of ether oxygens (including phenoxy) is 3. The number of fused-ring (bicyclic) bond motifs is 2. The number of rotatable bonds is 7. The summed E-state index contributed by atoms with van der Waals surface area (Å²) in [6, 6.07) is 0. The summed E-state index contributed by atoms with van der Waals surface area (Å²) < 4.78 is 20.6. The number of hydrogen-bond acceptors (Lipinski definition) is 9. The third kappa shape index (κ3) is 3.97. The predicted octanol–water partition coefficient (Wildman–Crippen LogP) is 1.13. The van der Waals surface area contributed by atoms with Crippen molar-refractivity contribution in [2.45, 2.75) is 63.9 Å². The van der Waals surface area contributed by atoms with E-state index < -0.39 is 12.0 Å². The summed E-state index contributed by atoms with van der Waals surface area (Å²) in [5.41, 5.74) is 7.06. The molecular weight excluding hydrogens is 376 g/mol. The molecule has 0 radical (unpaired) electrons. The van der Waals surface area contributed by atoms with Crippen molar-refractivity contribution in [3.63, 3.8) is 0 Å². The lowest BCUT2D eigenvalue weighted by Gasteiger charge is -2.27. The molecule has 0 aromatic carbocycles. The molecule has 2 N–H and O–H groups in total. The third-order valence-corrected chi connectivity index (χ3v) is 5.35. The molecule has 2 aromatic rings. The number of anilines is 1. The van der Waals surface area contributed by atoms with Crippen LogP contribution in [0.5, 0.6) is 0 Å². The lowest BCUT2D eigenvalue weighted by molar-refractivity contribution is -0.197. The topological polar surface area (TPSA) is 118 Å². The van der Waals surface area contributed by atoms with Gasteiger partial charge in [0.2, 0.25) is 0 Å². The van der Waals surface area contributed by atoms with Crippen molar-refractivity contribution in [2.75, 3.05) is 25.9 Å². The maximum absolute atomic E-state index is 11.2. The number of carbonyl (C=O) groups is 1. The number of nitrogen functional groups attached to an aromatic ring is 1. The second-order valence-electron chi connectivity index (χ2n) is 8.28. The maximum Gasteiger partial charge on any atom is 0.167 e. The van der Waals surface area contributed by atoms with E-state index in [1.165, 1.54) is 6.33 Å². The Morgan fingerprint density at radius 1 is 1.28 bits per heavy atom. The predicted molar refractivity (Wildman–Crippen MR) is 105 cm³/mol. The van der Waals surface area contributed by atoms with Gasteiger partial charge in [0.1, 0.15) is 35.9 Å². The summed E-state index contributed by atoms with van der Waals surface area (Å²) in [6.45, 7) is 6.90. The van der Waals surface area contributed by atoms with Crippen LogP contribution >= 0.6 is 0 Å². The summed E-state index contributed by atoms with van der Waals surface area (Å²) in [5, 5.41) is 0. The highest BCUT2D eigenvalue weighted by Crippen LogP contribution is 2.43. The van der Waals surface area contributed by atoms with Gasteiger partial charge in [0.05, 0.1) is 6.33 Å². The van der Waals surface area contributed by atoms with E-state index in [9.17, 15) is 4.79 Å². The van der Waals surface area contributed by atoms with Gasteiger partial charge < -0.3 is 29.6 Å². The van der Waals surface area contributed by atoms with Crippen LogP contribution in [0.3, 0.4) is 0 Å². The number of ketones is 1. The summed E-state index contributed by atoms with van der Waals surface area (Å²) in [7, 11) is 2.02. The Kier molecular flexibility index (Phi) is 5.28. The minimum atomic E-state index is -0.701. The second-order valence-corrected chi connectivity index (χ2v) is 8.28. The summed E-state index contributed by atoms with van der Waals surface area (Å²) in [6.07, 6.45) is 3.34. The highest BCUT2D eigenvalue weighted by Gasteiger charge is 2.56. The number of nitrogens with zero attached hydrogens (tertiary/aromatic N) is 5. The minimum Gasteiger partial charge on any atom is -0.382 e. The lowest BCUT2D eigenvalue weighted by Crippen LogP contribution is -2.38. The Labute approximate surface area is 169 Å². The van der Waals surface area contributed by atoms with E-state index in [-0.39, 0.29) is 24.1 Å². The molecule has 0 unspecified atom stereocenters. The molecule has 10 heteroatoms. The second kappa shape index (κ2) is 7.60. The number of hydrogen-bond donors (Lipinski definition) is 1. The van der Waals surface area contributed by atoms with Crippen LogP contribution in [-0.4, -0.2) is 74.4 Å². The maximum atomic E-state index is 11.2. The molecule has 2 aliphatic rings. The number of carbonyl (C=O) groups excluding carboxylic acids is 1. The van der Waals surface area contributed by atoms with Crippen LogP contribution in [-0.2, 0) is 19.0 Å². The first kappa shape index (κ1) is 20.1. The SMILES string of the molecule is CC(=O)CCCN(C)C[C@H]1O[C@@H](n2cnc3c(N)ncnc32)[C@@H]2OC(C)(C)O[C@@H]21. The highest BCUT2D eigenvalue weighted by molar-refractivity contribution is 5.81. The fourth-order valence-corrected chi connectivity index (χ4v) is 4.08. The van der Waals surface area contributed by atoms with Crippen molar-refractivity contribution in [3.8, 4) is 0 Å². The van der Waals surface area contributed by atoms with Crippen LogP contribution in [0.2, 0.25) is 0 Å². The van der Waals surface area contributed by atoms with Gasteiger partial charge in [-0.2, -0.15) is 0 Å². The van der Waals surface area contributed by atoms with Gasteiger partial charge >= 0.3 is 0 Å². The molecular formula is C19H28N6O4. The molecule has 0 saturated carbocycles. The third-order valence-electron chi connectivity index (χ3n) is 5.35. The molecule has 4 heterocycles. The smallest absolute Gasteiger partial charge is 0.167 e. The van der Waals surface area contributed by atoms with E-state index in [1.807, 2.05) is 25.5 Å². The van der Waals surface area contributed by atoms with Gasteiger partial charge in [0.15, 0.2) is 23.5 Å². The zero-order chi connectivity index (χ0) is 20.8. The molecule has 2 aromatic heterocycles. The zero-order valence-corrected chi connectivity index (χ0v) is 17.2. The van der Waals surface area contributed by atoms with Crippen molar-refractivity contribution >= 4 is 22.8 Å². The van der Waals surface area contributed by atoms with Gasteiger partial charge in [0, 0.05) is 13.0 Å². The Morgan fingerprint density at radius 3 is 2.79 bits per heavy atom. The van der Waals surface area contributed by atoms with Crippen LogP contribution in [0.25, 0.3) is 11.2 Å². The fraction of sp³-hybridized carbons (Fsp3) is 0.684. The average molecular weight is 404 g/mol. The molecule has 2 aliphatic heterocycles. The van der Waals surface area contributed by atoms with Crippen molar-refractivity contribution in [1.82, 2.24) is 24.4 Å². The molecule has 2 saturated heterocycles. The van der Waals surface area contributed by atoms with Gasteiger partial charge in [-0.25, -0.2) is 15.0 Å². The molecule has 10 nitrogen and oxygen atoms in total. The van der Waals surface area contributed by atoms with Crippen LogP contribution in [0.4, 0.5) is 5.82 Å².